The molecule has 0 saturated carbocycles. The molecule has 2 aromatic carbocycles. The molecule has 1 N–H and O–H groups in total. The molecule has 0 saturated heterocycles. The predicted octanol–water partition coefficient (Wildman–Crippen LogP) is 4.44. The fourth-order valence-electron chi connectivity index (χ4n) is 3.42. The lowest BCUT2D eigenvalue weighted by Crippen LogP contribution is -2.26. The first-order valence-corrected chi connectivity index (χ1v) is 10.5. The number of carbonyl (C=O) groups excluding carboxylic acids is 1. The van der Waals surface area contributed by atoms with Gasteiger partial charge in [0, 0.05) is 35.9 Å². The lowest BCUT2D eigenvalue weighted by atomic mass is 10.2. The SMILES string of the molecule is Cc1cc(OCCn2c(CCNC(=O)c3ccncc3)nc3ccccc32)ccc1Cl. The average molecular weight is 435 g/mol. The highest BCUT2D eigenvalue weighted by Crippen LogP contribution is 2.21. The molecular weight excluding hydrogens is 412 g/mol. The van der Waals surface area contributed by atoms with Gasteiger partial charge in [-0.15, -0.1) is 0 Å². The number of carbonyl (C=O) groups is 1. The molecule has 0 bridgehead atoms. The van der Waals surface area contributed by atoms with Crippen LogP contribution in [0, 0.1) is 6.92 Å². The number of hydrogen-bond acceptors (Lipinski definition) is 4. The molecule has 2 heterocycles. The van der Waals surface area contributed by atoms with Crippen LogP contribution in [0.4, 0.5) is 0 Å². The van der Waals surface area contributed by atoms with Crippen molar-refractivity contribution in [2.45, 2.75) is 19.9 Å². The molecule has 4 rings (SSSR count). The van der Waals surface area contributed by atoms with Crippen molar-refractivity contribution in [1.82, 2.24) is 19.9 Å². The van der Waals surface area contributed by atoms with Crippen molar-refractivity contribution in [3.8, 4) is 5.75 Å². The number of nitrogens with one attached hydrogen (secondary N) is 1. The molecule has 6 nitrogen and oxygen atoms in total. The van der Waals surface area contributed by atoms with Gasteiger partial charge in [0.1, 0.15) is 18.2 Å². The van der Waals surface area contributed by atoms with Gasteiger partial charge in [0.05, 0.1) is 17.6 Å². The van der Waals surface area contributed by atoms with Crippen molar-refractivity contribution in [3.63, 3.8) is 0 Å². The van der Waals surface area contributed by atoms with Gasteiger partial charge in [0.25, 0.3) is 5.91 Å². The summed E-state index contributed by atoms with van der Waals surface area (Å²) in [6, 6.07) is 17.1. The molecule has 31 heavy (non-hydrogen) atoms. The summed E-state index contributed by atoms with van der Waals surface area (Å²) in [5, 5.41) is 3.67. The van der Waals surface area contributed by atoms with Crippen LogP contribution < -0.4 is 10.1 Å². The second-order valence-corrected chi connectivity index (χ2v) is 7.58. The Bertz CT molecular complexity index is 1190. The van der Waals surface area contributed by atoms with Gasteiger partial charge in [-0.2, -0.15) is 0 Å². The summed E-state index contributed by atoms with van der Waals surface area (Å²) < 4.78 is 8.09. The Morgan fingerprint density at radius 2 is 1.94 bits per heavy atom. The van der Waals surface area contributed by atoms with E-state index in [1.165, 1.54) is 0 Å². The van der Waals surface area contributed by atoms with Crippen LogP contribution in [0.5, 0.6) is 5.75 Å². The van der Waals surface area contributed by atoms with E-state index in [4.69, 9.17) is 21.3 Å². The van der Waals surface area contributed by atoms with Crippen molar-refractivity contribution in [2.24, 2.45) is 0 Å². The van der Waals surface area contributed by atoms with E-state index in [9.17, 15) is 4.79 Å². The Balaban J connectivity index is 1.42. The number of amides is 1. The zero-order valence-electron chi connectivity index (χ0n) is 17.2. The number of halogens is 1. The quantitative estimate of drug-likeness (QED) is 0.445. The first-order valence-electron chi connectivity index (χ1n) is 10.1. The molecule has 0 aliphatic heterocycles. The molecule has 0 spiro atoms. The number of pyridine rings is 1. The molecule has 0 aliphatic rings. The smallest absolute Gasteiger partial charge is 0.251 e. The summed E-state index contributed by atoms with van der Waals surface area (Å²) in [6.07, 6.45) is 3.83. The van der Waals surface area contributed by atoms with Crippen molar-refractivity contribution >= 4 is 28.5 Å². The average Bonchev–Trinajstić information content (AvgIpc) is 3.14. The van der Waals surface area contributed by atoms with E-state index in [2.05, 4.69) is 14.9 Å². The number of benzene rings is 2. The molecule has 0 radical (unpaired) electrons. The highest BCUT2D eigenvalue weighted by Gasteiger charge is 2.12. The lowest BCUT2D eigenvalue weighted by molar-refractivity contribution is 0.0953. The van der Waals surface area contributed by atoms with Crippen molar-refractivity contribution in [3.05, 3.63) is 89.0 Å². The van der Waals surface area contributed by atoms with E-state index in [1.54, 1.807) is 24.5 Å². The Morgan fingerprint density at radius 1 is 1.13 bits per heavy atom. The summed E-state index contributed by atoms with van der Waals surface area (Å²) in [6.45, 7) is 3.59. The van der Waals surface area contributed by atoms with Gasteiger partial charge in [-0.25, -0.2) is 4.98 Å². The maximum absolute atomic E-state index is 12.3. The molecule has 0 fully saturated rings. The van der Waals surface area contributed by atoms with Crippen LogP contribution in [0.25, 0.3) is 11.0 Å². The Morgan fingerprint density at radius 3 is 2.74 bits per heavy atom. The van der Waals surface area contributed by atoms with E-state index in [1.807, 2.05) is 49.4 Å². The van der Waals surface area contributed by atoms with E-state index >= 15 is 0 Å². The van der Waals surface area contributed by atoms with Gasteiger partial charge < -0.3 is 14.6 Å². The fourth-order valence-corrected chi connectivity index (χ4v) is 3.54. The van der Waals surface area contributed by atoms with Gasteiger partial charge in [-0.05, 0) is 55.0 Å². The minimum Gasteiger partial charge on any atom is -0.492 e. The molecule has 7 heteroatoms. The molecule has 158 valence electrons. The Labute approximate surface area is 185 Å². The Hall–Kier alpha value is -3.38. The van der Waals surface area contributed by atoms with E-state index in [0.717, 1.165) is 33.2 Å². The maximum atomic E-state index is 12.3. The number of fused-ring (bicyclic) bond motifs is 1. The summed E-state index contributed by atoms with van der Waals surface area (Å²) in [5.74, 6) is 1.58. The third-order valence-electron chi connectivity index (χ3n) is 5.02. The first-order chi connectivity index (χ1) is 15.1. The monoisotopic (exact) mass is 434 g/mol. The van der Waals surface area contributed by atoms with Crippen LogP contribution in [-0.2, 0) is 13.0 Å². The van der Waals surface area contributed by atoms with Crippen LogP contribution in [0.15, 0.2) is 67.0 Å². The van der Waals surface area contributed by atoms with Gasteiger partial charge in [-0.1, -0.05) is 23.7 Å². The normalized spacial score (nSPS) is 10.9. The number of aryl methyl sites for hydroxylation is 1. The molecule has 4 aromatic rings. The van der Waals surface area contributed by atoms with Crippen molar-refractivity contribution < 1.29 is 9.53 Å². The second kappa shape index (κ2) is 9.62. The number of nitrogens with zero attached hydrogens (tertiary/aromatic N) is 3. The first kappa shape index (κ1) is 20.9. The van der Waals surface area contributed by atoms with Crippen LogP contribution in [-0.4, -0.2) is 33.6 Å². The molecular formula is C24H23ClN4O2. The highest BCUT2D eigenvalue weighted by atomic mass is 35.5. The fraction of sp³-hybridized carbons (Fsp3) is 0.208. The van der Waals surface area contributed by atoms with Gasteiger partial charge in [0.15, 0.2) is 0 Å². The topological polar surface area (TPSA) is 69.0 Å². The minimum atomic E-state index is -0.119. The van der Waals surface area contributed by atoms with E-state index < -0.39 is 0 Å². The number of ether oxygens (including phenoxy) is 1. The highest BCUT2D eigenvalue weighted by molar-refractivity contribution is 6.31. The van der Waals surface area contributed by atoms with Crippen molar-refractivity contribution in [2.75, 3.05) is 13.2 Å². The van der Waals surface area contributed by atoms with E-state index in [0.29, 0.717) is 31.7 Å². The summed E-state index contributed by atoms with van der Waals surface area (Å²) >= 11 is 6.09. The van der Waals surface area contributed by atoms with Crippen LogP contribution in [0.1, 0.15) is 21.7 Å². The predicted molar refractivity (Wildman–Crippen MR) is 122 cm³/mol. The zero-order chi connectivity index (χ0) is 21.6. The summed E-state index contributed by atoms with van der Waals surface area (Å²) in [5.41, 5.74) is 3.56. The summed E-state index contributed by atoms with van der Waals surface area (Å²) in [4.78, 5) is 21.0. The number of imidazole rings is 1. The van der Waals surface area contributed by atoms with Gasteiger partial charge in [-0.3, -0.25) is 9.78 Å². The molecule has 0 aliphatic carbocycles. The third-order valence-corrected chi connectivity index (χ3v) is 5.45. The molecule has 0 atom stereocenters. The Kier molecular flexibility index (Phi) is 6.48. The maximum Gasteiger partial charge on any atom is 0.251 e. The van der Waals surface area contributed by atoms with Gasteiger partial charge in [0.2, 0.25) is 0 Å². The molecule has 0 unspecified atom stereocenters. The minimum absolute atomic E-state index is 0.119. The number of para-hydroxylation sites is 2. The van der Waals surface area contributed by atoms with Crippen LogP contribution in [0.2, 0.25) is 5.02 Å². The summed E-state index contributed by atoms with van der Waals surface area (Å²) in [7, 11) is 0. The number of aromatic nitrogens is 3. The zero-order valence-corrected chi connectivity index (χ0v) is 18.0. The molecule has 1 amide bonds. The second-order valence-electron chi connectivity index (χ2n) is 7.17. The third kappa shape index (κ3) is 5.03. The van der Waals surface area contributed by atoms with Crippen LogP contribution >= 0.6 is 11.6 Å². The molecule has 2 aromatic heterocycles. The lowest BCUT2D eigenvalue weighted by Gasteiger charge is -2.12. The van der Waals surface area contributed by atoms with Gasteiger partial charge >= 0.3 is 0 Å². The number of rotatable bonds is 8. The van der Waals surface area contributed by atoms with E-state index in [-0.39, 0.29) is 5.91 Å². The largest absolute Gasteiger partial charge is 0.492 e. The van der Waals surface area contributed by atoms with Crippen molar-refractivity contribution in [1.29, 1.82) is 0 Å². The number of hydrogen-bond donors (Lipinski definition) is 1. The van der Waals surface area contributed by atoms with Crippen LogP contribution in [0.3, 0.4) is 0 Å². The standard InChI is InChI=1S/C24H23ClN4O2/c1-17-16-19(6-7-20(17)25)31-15-14-29-22-5-3-2-4-21(22)28-23(29)10-13-27-24(30)18-8-11-26-12-9-18/h2-9,11-12,16H,10,13-15H2,1H3,(H,27,30).